The molecule has 1 heterocycles. The van der Waals surface area contributed by atoms with Gasteiger partial charge < -0.3 is 9.80 Å². The number of benzene rings is 1. The maximum Gasteiger partial charge on any atom is 0.255 e. The summed E-state index contributed by atoms with van der Waals surface area (Å²) >= 11 is 3.46. The van der Waals surface area contributed by atoms with Crippen LogP contribution in [0.25, 0.3) is 0 Å². The lowest BCUT2D eigenvalue weighted by molar-refractivity contribution is 0.0782. The number of likely N-dealkylation sites (N-methyl/N-ethyl adjacent to an activating group) is 1. The van der Waals surface area contributed by atoms with Crippen LogP contribution in [-0.4, -0.2) is 48.9 Å². The first-order valence-corrected chi connectivity index (χ1v) is 7.00. The van der Waals surface area contributed by atoms with Crippen LogP contribution in [0.1, 0.15) is 22.3 Å². The monoisotopic (exact) mass is 310 g/mol. The van der Waals surface area contributed by atoms with E-state index < -0.39 is 0 Å². The molecule has 1 unspecified atom stereocenters. The molecule has 1 aliphatic rings. The molecule has 3 nitrogen and oxygen atoms in total. The normalized spacial score (nSPS) is 19.6. The number of amides is 1. The van der Waals surface area contributed by atoms with Crippen LogP contribution < -0.4 is 0 Å². The zero-order valence-electron chi connectivity index (χ0n) is 11.1. The molecule has 0 radical (unpaired) electrons. The summed E-state index contributed by atoms with van der Waals surface area (Å²) in [7, 11) is 4.14. The fourth-order valence-corrected chi connectivity index (χ4v) is 2.74. The molecule has 1 fully saturated rings. The summed E-state index contributed by atoms with van der Waals surface area (Å²) in [6.45, 7) is 3.68. The lowest BCUT2D eigenvalue weighted by Crippen LogP contribution is -2.34. The van der Waals surface area contributed by atoms with E-state index in [1.165, 1.54) is 0 Å². The van der Waals surface area contributed by atoms with E-state index >= 15 is 0 Å². The largest absolute Gasteiger partial charge is 0.337 e. The predicted octanol–water partition coefficient (Wildman–Crippen LogP) is 2.53. The molecule has 1 aromatic carbocycles. The first-order chi connectivity index (χ1) is 8.49. The number of halogens is 1. The Morgan fingerprint density at radius 3 is 2.78 bits per heavy atom. The highest BCUT2D eigenvalue weighted by Gasteiger charge is 2.28. The van der Waals surface area contributed by atoms with Crippen molar-refractivity contribution in [2.24, 2.45) is 0 Å². The van der Waals surface area contributed by atoms with Gasteiger partial charge in [0.25, 0.3) is 5.91 Å². The number of likely N-dealkylation sites (tertiary alicyclic amines) is 1. The SMILES string of the molecule is Cc1ccc(Br)c(C(=O)N2CCC(N(C)C)C2)c1. The van der Waals surface area contributed by atoms with E-state index in [2.05, 4.69) is 34.9 Å². The number of carbonyl (C=O) groups excluding carboxylic acids is 1. The minimum Gasteiger partial charge on any atom is -0.337 e. The summed E-state index contributed by atoms with van der Waals surface area (Å²) in [4.78, 5) is 16.6. The Balaban J connectivity index is 2.15. The lowest BCUT2D eigenvalue weighted by atomic mass is 10.1. The smallest absolute Gasteiger partial charge is 0.255 e. The average Bonchev–Trinajstić information content (AvgIpc) is 2.81. The molecule has 98 valence electrons. The Morgan fingerprint density at radius 1 is 1.44 bits per heavy atom. The molecule has 0 spiro atoms. The standard InChI is InChI=1S/C14H19BrN2O/c1-10-4-5-13(15)12(8-10)14(18)17-7-6-11(9-17)16(2)3/h4-5,8,11H,6-7,9H2,1-3H3. The van der Waals surface area contributed by atoms with E-state index in [1.54, 1.807) is 0 Å². The van der Waals surface area contributed by atoms with Crippen molar-refractivity contribution >= 4 is 21.8 Å². The van der Waals surface area contributed by atoms with Gasteiger partial charge in [-0.3, -0.25) is 4.79 Å². The molecule has 2 rings (SSSR count). The third-order valence-electron chi connectivity index (χ3n) is 3.53. The van der Waals surface area contributed by atoms with Crippen molar-refractivity contribution in [2.75, 3.05) is 27.2 Å². The van der Waals surface area contributed by atoms with Gasteiger partial charge in [-0.1, -0.05) is 11.6 Å². The van der Waals surface area contributed by atoms with Gasteiger partial charge in [0.1, 0.15) is 0 Å². The van der Waals surface area contributed by atoms with Crippen molar-refractivity contribution in [3.63, 3.8) is 0 Å². The predicted molar refractivity (Wildman–Crippen MR) is 76.9 cm³/mol. The van der Waals surface area contributed by atoms with Gasteiger partial charge in [-0.15, -0.1) is 0 Å². The van der Waals surface area contributed by atoms with E-state index in [9.17, 15) is 4.79 Å². The second-order valence-corrected chi connectivity index (χ2v) is 5.99. The highest BCUT2D eigenvalue weighted by molar-refractivity contribution is 9.10. The van der Waals surface area contributed by atoms with Crippen LogP contribution in [0.5, 0.6) is 0 Å². The molecular formula is C14H19BrN2O. The Morgan fingerprint density at radius 2 is 2.17 bits per heavy atom. The quantitative estimate of drug-likeness (QED) is 0.838. The number of nitrogens with zero attached hydrogens (tertiary/aromatic N) is 2. The van der Waals surface area contributed by atoms with Crippen LogP contribution in [0.2, 0.25) is 0 Å². The van der Waals surface area contributed by atoms with Crippen molar-refractivity contribution in [1.29, 1.82) is 0 Å². The molecule has 0 bridgehead atoms. The number of aryl methyl sites for hydroxylation is 1. The molecule has 1 saturated heterocycles. The summed E-state index contributed by atoms with van der Waals surface area (Å²) in [6.07, 6.45) is 1.06. The summed E-state index contributed by atoms with van der Waals surface area (Å²) in [5, 5.41) is 0. The average molecular weight is 311 g/mol. The molecule has 0 aliphatic carbocycles. The van der Waals surface area contributed by atoms with Crippen molar-refractivity contribution in [1.82, 2.24) is 9.80 Å². The van der Waals surface area contributed by atoms with Crippen molar-refractivity contribution in [2.45, 2.75) is 19.4 Å². The van der Waals surface area contributed by atoms with Crippen LogP contribution in [0.3, 0.4) is 0 Å². The van der Waals surface area contributed by atoms with Crippen LogP contribution in [0.4, 0.5) is 0 Å². The summed E-state index contributed by atoms with van der Waals surface area (Å²) in [5.74, 6) is 0.134. The maximum atomic E-state index is 12.5. The number of rotatable bonds is 2. The van der Waals surface area contributed by atoms with Gasteiger partial charge in [0.05, 0.1) is 5.56 Å². The first kappa shape index (κ1) is 13.6. The van der Waals surface area contributed by atoms with Crippen LogP contribution in [0.15, 0.2) is 22.7 Å². The Kier molecular flexibility index (Phi) is 4.07. The van der Waals surface area contributed by atoms with Crippen molar-refractivity contribution in [3.8, 4) is 0 Å². The summed E-state index contributed by atoms with van der Waals surface area (Å²) in [5.41, 5.74) is 1.89. The van der Waals surface area contributed by atoms with Gasteiger partial charge in [0, 0.05) is 23.6 Å². The van der Waals surface area contributed by atoms with E-state index in [0.29, 0.717) is 6.04 Å². The van der Waals surface area contributed by atoms with Gasteiger partial charge in [-0.25, -0.2) is 0 Å². The van der Waals surface area contributed by atoms with Crippen molar-refractivity contribution < 1.29 is 4.79 Å². The third kappa shape index (κ3) is 2.75. The van der Waals surface area contributed by atoms with Gasteiger partial charge in [-0.05, 0) is 55.5 Å². The van der Waals surface area contributed by atoms with Crippen LogP contribution >= 0.6 is 15.9 Å². The second kappa shape index (κ2) is 5.41. The van der Waals surface area contributed by atoms with Gasteiger partial charge in [0.15, 0.2) is 0 Å². The third-order valence-corrected chi connectivity index (χ3v) is 4.22. The zero-order valence-corrected chi connectivity index (χ0v) is 12.7. The summed E-state index contributed by atoms with van der Waals surface area (Å²) in [6, 6.07) is 6.39. The van der Waals surface area contributed by atoms with Crippen LogP contribution in [-0.2, 0) is 0 Å². The topological polar surface area (TPSA) is 23.6 Å². The highest BCUT2D eigenvalue weighted by atomic mass is 79.9. The van der Waals surface area contributed by atoms with E-state index in [-0.39, 0.29) is 5.91 Å². The van der Waals surface area contributed by atoms with E-state index in [4.69, 9.17) is 0 Å². The fraction of sp³-hybridized carbons (Fsp3) is 0.500. The Hall–Kier alpha value is -0.870. The first-order valence-electron chi connectivity index (χ1n) is 6.21. The minimum absolute atomic E-state index is 0.134. The second-order valence-electron chi connectivity index (χ2n) is 5.14. The molecule has 18 heavy (non-hydrogen) atoms. The number of hydrogen-bond acceptors (Lipinski definition) is 2. The number of hydrogen-bond donors (Lipinski definition) is 0. The van der Waals surface area contributed by atoms with Gasteiger partial charge >= 0.3 is 0 Å². The highest BCUT2D eigenvalue weighted by Crippen LogP contribution is 2.22. The van der Waals surface area contributed by atoms with Crippen molar-refractivity contribution in [3.05, 3.63) is 33.8 Å². The zero-order chi connectivity index (χ0) is 13.3. The molecule has 1 aromatic rings. The van der Waals surface area contributed by atoms with E-state index in [0.717, 1.165) is 35.1 Å². The van der Waals surface area contributed by atoms with Crippen LogP contribution in [0, 0.1) is 6.92 Å². The fourth-order valence-electron chi connectivity index (χ4n) is 2.32. The number of carbonyl (C=O) groups is 1. The lowest BCUT2D eigenvalue weighted by Gasteiger charge is -2.21. The molecule has 0 N–H and O–H groups in total. The Labute approximate surface area is 117 Å². The molecule has 1 aliphatic heterocycles. The van der Waals surface area contributed by atoms with E-state index in [1.807, 2.05) is 30.0 Å². The molecule has 1 amide bonds. The minimum atomic E-state index is 0.134. The van der Waals surface area contributed by atoms with Gasteiger partial charge in [-0.2, -0.15) is 0 Å². The Bertz CT molecular complexity index is 459. The van der Waals surface area contributed by atoms with Gasteiger partial charge in [0.2, 0.25) is 0 Å². The molecule has 4 heteroatoms. The maximum absolute atomic E-state index is 12.5. The summed E-state index contributed by atoms with van der Waals surface area (Å²) < 4.78 is 0.881. The molecule has 1 atom stereocenters. The molecule has 0 aromatic heterocycles. The molecule has 0 saturated carbocycles. The molecular weight excluding hydrogens is 292 g/mol.